The average molecular weight is 347 g/mol. The fraction of sp³-hybridized carbons (Fsp3) is 0.467. The lowest BCUT2D eigenvalue weighted by atomic mass is 9.97. The lowest BCUT2D eigenvalue weighted by Gasteiger charge is -2.21. The smallest absolute Gasteiger partial charge is 0.312 e. The molecule has 0 unspecified atom stereocenters. The van der Waals surface area contributed by atoms with Gasteiger partial charge in [-0.1, -0.05) is 0 Å². The van der Waals surface area contributed by atoms with Crippen LogP contribution in [0.2, 0.25) is 0 Å². The number of carbonyl (C=O) groups is 2. The fourth-order valence-electron chi connectivity index (χ4n) is 3.66. The number of carboxylic acid groups (broad SMARTS) is 2. The molecule has 0 spiro atoms. The molecule has 0 radical (unpaired) electrons. The van der Waals surface area contributed by atoms with Crippen molar-refractivity contribution in [3.8, 4) is 0 Å². The maximum atomic E-state index is 13.9. The van der Waals surface area contributed by atoms with Crippen LogP contribution in [0.15, 0.2) is 0 Å². The Morgan fingerprint density at radius 2 is 1.38 bits per heavy atom. The first kappa shape index (κ1) is 16.7. The summed E-state index contributed by atoms with van der Waals surface area (Å²) in [6.07, 6.45) is -0.0806. The fourth-order valence-corrected chi connectivity index (χ4v) is 3.66. The van der Waals surface area contributed by atoms with Crippen molar-refractivity contribution in [3.05, 3.63) is 34.4 Å². The summed E-state index contributed by atoms with van der Waals surface area (Å²) in [5.41, 5.74) is -4.73. The Bertz CT molecular complexity index is 726. The number of halogens is 4. The molecule has 1 aromatic rings. The minimum atomic E-state index is -1.55. The normalized spacial score (nSPS) is 28.7. The summed E-state index contributed by atoms with van der Waals surface area (Å²) in [7, 11) is 0. The van der Waals surface area contributed by atoms with Crippen molar-refractivity contribution in [2.75, 3.05) is 13.1 Å². The summed E-state index contributed by atoms with van der Waals surface area (Å²) in [6.45, 7) is -0.240. The molecule has 24 heavy (non-hydrogen) atoms. The minimum Gasteiger partial charge on any atom is -0.481 e. The maximum absolute atomic E-state index is 13.9. The van der Waals surface area contributed by atoms with Gasteiger partial charge in [-0.2, -0.15) is 0 Å². The molecular formula is C15H13F4NO4. The molecule has 0 amide bonds. The van der Waals surface area contributed by atoms with Crippen LogP contribution in [0, 0.1) is 41.0 Å². The number of carboxylic acids is 2. The number of nitrogens with zero attached hydrogens (tertiary/aromatic N) is 1. The zero-order valence-electron chi connectivity index (χ0n) is 12.5. The number of likely N-dealkylation sites (tertiary alicyclic amines) is 1. The first-order valence-corrected chi connectivity index (χ1v) is 7.08. The molecule has 130 valence electrons. The molecule has 2 N–H and O–H groups in total. The molecule has 2 fully saturated rings. The summed E-state index contributed by atoms with van der Waals surface area (Å²) < 4.78 is 55.1. The van der Waals surface area contributed by atoms with Gasteiger partial charge in [0.1, 0.15) is 0 Å². The van der Waals surface area contributed by atoms with Gasteiger partial charge in [-0.15, -0.1) is 0 Å². The molecular weight excluding hydrogens is 334 g/mol. The molecule has 2 atom stereocenters. The molecule has 1 heterocycles. The average Bonchev–Trinajstić information content (AvgIpc) is 3.07. The molecule has 1 saturated heterocycles. The molecule has 0 bridgehead atoms. The van der Waals surface area contributed by atoms with Crippen molar-refractivity contribution < 1.29 is 37.4 Å². The maximum Gasteiger partial charge on any atom is 0.312 e. The second-order valence-electron chi connectivity index (χ2n) is 6.46. The van der Waals surface area contributed by atoms with Crippen LogP contribution in [0.4, 0.5) is 17.6 Å². The molecule has 1 saturated carbocycles. The van der Waals surface area contributed by atoms with Gasteiger partial charge >= 0.3 is 11.9 Å². The number of rotatable bonds is 4. The molecule has 5 nitrogen and oxygen atoms in total. The summed E-state index contributed by atoms with van der Waals surface area (Å²) in [5, 5.41) is 18.6. The summed E-state index contributed by atoms with van der Waals surface area (Å²) in [4.78, 5) is 24.0. The van der Waals surface area contributed by atoms with Crippen LogP contribution in [-0.4, -0.2) is 40.1 Å². The number of benzene rings is 1. The SMILES string of the molecule is Cc1c(F)c(F)c(CN2C[C@@]3(C(=O)O)C[C@@]3(C(=O)O)C2)c(F)c1F. The van der Waals surface area contributed by atoms with Gasteiger partial charge in [0.05, 0.1) is 10.8 Å². The second-order valence-corrected chi connectivity index (χ2v) is 6.46. The van der Waals surface area contributed by atoms with Gasteiger partial charge < -0.3 is 10.2 Å². The molecule has 3 rings (SSSR count). The quantitative estimate of drug-likeness (QED) is 0.643. The van der Waals surface area contributed by atoms with E-state index in [-0.39, 0.29) is 19.5 Å². The molecule has 1 aliphatic heterocycles. The van der Waals surface area contributed by atoms with Crippen LogP contribution >= 0.6 is 0 Å². The molecule has 1 aliphatic carbocycles. The monoisotopic (exact) mass is 347 g/mol. The Morgan fingerprint density at radius 3 is 1.75 bits per heavy atom. The third-order valence-corrected chi connectivity index (χ3v) is 5.16. The predicted molar refractivity (Wildman–Crippen MR) is 71.0 cm³/mol. The Morgan fingerprint density at radius 1 is 0.958 bits per heavy atom. The minimum absolute atomic E-state index is 0.0806. The highest BCUT2D eigenvalue weighted by molar-refractivity contribution is 5.94. The lowest BCUT2D eigenvalue weighted by Crippen LogP contribution is -2.29. The Kier molecular flexibility index (Phi) is 3.42. The predicted octanol–water partition coefficient (Wildman–Crippen LogP) is 1.91. The van der Waals surface area contributed by atoms with Crippen LogP contribution in [-0.2, 0) is 16.1 Å². The van der Waals surface area contributed by atoms with Crippen molar-refractivity contribution >= 4 is 11.9 Å². The number of aliphatic carboxylic acids is 2. The third-order valence-electron chi connectivity index (χ3n) is 5.16. The molecule has 0 aromatic heterocycles. The Hall–Kier alpha value is -2.16. The van der Waals surface area contributed by atoms with Crippen molar-refractivity contribution in [2.24, 2.45) is 10.8 Å². The molecule has 9 heteroatoms. The van der Waals surface area contributed by atoms with Crippen molar-refractivity contribution in [1.29, 1.82) is 0 Å². The number of fused-ring (bicyclic) bond motifs is 1. The first-order chi connectivity index (χ1) is 11.1. The first-order valence-electron chi connectivity index (χ1n) is 7.08. The number of hydrogen-bond donors (Lipinski definition) is 2. The van der Waals surface area contributed by atoms with E-state index in [0.717, 1.165) is 6.92 Å². The highest BCUT2D eigenvalue weighted by Crippen LogP contribution is 2.68. The summed E-state index contributed by atoms with van der Waals surface area (Å²) in [5.74, 6) is -8.77. The number of hydrogen-bond acceptors (Lipinski definition) is 3. The third kappa shape index (κ3) is 1.90. The van der Waals surface area contributed by atoms with E-state index in [1.807, 2.05) is 0 Å². The van der Waals surface area contributed by atoms with Crippen molar-refractivity contribution in [1.82, 2.24) is 4.90 Å². The van der Waals surface area contributed by atoms with Crippen molar-refractivity contribution in [3.63, 3.8) is 0 Å². The van der Waals surface area contributed by atoms with E-state index in [2.05, 4.69) is 0 Å². The van der Waals surface area contributed by atoms with Crippen LogP contribution < -0.4 is 0 Å². The van der Waals surface area contributed by atoms with Gasteiger partial charge in [0, 0.05) is 30.8 Å². The van der Waals surface area contributed by atoms with Gasteiger partial charge in [0.25, 0.3) is 0 Å². The van der Waals surface area contributed by atoms with Crippen LogP contribution in [0.3, 0.4) is 0 Å². The van der Waals surface area contributed by atoms with E-state index in [4.69, 9.17) is 0 Å². The Labute approximate surface area is 133 Å². The van der Waals surface area contributed by atoms with Gasteiger partial charge in [0.15, 0.2) is 23.3 Å². The van der Waals surface area contributed by atoms with E-state index in [0.29, 0.717) is 0 Å². The van der Waals surface area contributed by atoms with E-state index >= 15 is 0 Å². The van der Waals surface area contributed by atoms with Gasteiger partial charge in [0.2, 0.25) is 0 Å². The summed E-state index contributed by atoms with van der Waals surface area (Å²) >= 11 is 0. The van der Waals surface area contributed by atoms with E-state index in [9.17, 15) is 37.4 Å². The molecule has 2 aliphatic rings. The van der Waals surface area contributed by atoms with Crippen LogP contribution in [0.25, 0.3) is 0 Å². The standard InChI is InChI=1S/C15H13F4NO4/c1-6-8(16)10(18)7(11(19)9(6)17)2-20-4-14(12(21)22)3-15(14,5-20)13(23)24/h2-5H2,1H3,(H,21,22)(H,23,24)/t14-,15+. The number of piperidine rings is 1. The van der Waals surface area contributed by atoms with Crippen LogP contribution in [0.1, 0.15) is 17.5 Å². The van der Waals surface area contributed by atoms with E-state index in [1.54, 1.807) is 0 Å². The topological polar surface area (TPSA) is 77.8 Å². The highest BCUT2D eigenvalue weighted by Gasteiger charge is 2.80. The Balaban J connectivity index is 1.93. The second kappa shape index (κ2) is 4.92. The van der Waals surface area contributed by atoms with E-state index < -0.39 is 63.7 Å². The van der Waals surface area contributed by atoms with Crippen molar-refractivity contribution in [2.45, 2.75) is 19.9 Å². The van der Waals surface area contributed by atoms with Crippen LogP contribution in [0.5, 0.6) is 0 Å². The zero-order valence-corrected chi connectivity index (χ0v) is 12.5. The molecule has 1 aromatic carbocycles. The van der Waals surface area contributed by atoms with Gasteiger partial charge in [-0.25, -0.2) is 17.6 Å². The highest BCUT2D eigenvalue weighted by atomic mass is 19.2. The van der Waals surface area contributed by atoms with Gasteiger partial charge in [-0.3, -0.25) is 14.5 Å². The summed E-state index contributed by atoms with van der Waals surface area (Å²) in [6, 6.07) is 0. The largest absolute Gasteiger partial charge is 0.481 e. The van der Waals surface area contributed by atoms with E-state index in [1.165, 1.54) is 4.90 Å². The zero-order chi connectivity index (χ0) is 18.0. The lowest BCUT2D eigenvalue weighted by molar-refractivity contribution is -0.151. The van der Waals surface area contributed by atoms with Gasteiger partial charge in [-0.05, 0) is 13.3 Å².